The van der Waals surface area contributed by atoms with Crippen molar-refractivity contribution in [2.45, 2.75) is 26.4 Å². The first kappa shape index (κ1) is 15.9. The molecule has 0 unspecified atom stereocenters. The van der Waals surface area contributed by atoms with Crippen molar-refractivity contribution in [1.29, 1.82) is 0 Å². The average Bonchev–Trinajstić information content (AvgIpc) is 2.92. The minimum Gasteiger partial charge on any atom is -0.312 e. The third-order valence-electron chi connectivity index (χ3n) is 3.79. The standard InChI is InChI=1S/C15H21N5.ClH/c1-12-7-14(9-19-6-5-17-13(2)8-19)3-4-15(12)20-11-16-10-18-20;/h3-4,7,10-11,13,17H,5-6,8-9H2,1-2H3;1H/t13-;/m0./s1. The third kappa shape index (κ3) is 3.81. The number of nitrogens with one attached hydrogen (secondary N) is 1. The normalized spacial score (nSPS) is 19.2. The van der Waals surface area contributed by atoms with Gasteiger partial charge in [-0.05, 0) is 31.0 Å². The monoisotopic (exact) mass is 307 g/mol. The molecule has 2 heterocycles. The van der Waals surface area contributed by atoms with Gasteiger partial charge >= 0.3 is 0 Å². The van der Waals surface area contributed by atoms with Crippen molar-refractivity contribution in [2.24, 2.45) is 0 Å². The Morgan fingerprint density at radius 2 is 2.24 bits per heavy atom. The van der Waals surface area contributed by atoms with E-state index in [1.54, 1.807) is 12.7 Å². The van der Waals surface area contributed by atoms with Crippen LogP contribution in [0.1, 0.15) is 18.1 Å². The highest BCUT2D eigenvalue weighted by molar-refractivity contribution is 5.85. The summed E-state index contributed by atoms with van der Waals surface area (Å²) in [5.41, 5.74) is 3.69. The van der Waals surface area contributed by atoms with Crippen LogP contribution in [0, 0.1) is 6.92 Å². The van der Waals surface area contributed by atoms with Gasteiger partial charge in [0.05, 0.1) is 5.69 Å². The fourth-order valence-electron chi connectivity index (χ4n) is 2.82. The van der Waals surface area contributed by atoms with Crippen molar-refractivity contribution < 1.29 is 0 Å². The summed E-state index contributed by atoms with van der Waals surface area (Å²) in [5.74, 6) is 0. The first-order chi connectivity index (χ1) is 9.72. The molecule has 0 amide bonds. The van der Waals surface area contributed by atoms with Crippen LogP contribution in [0.15, 0.2) is 30.9 Å². The minimum absolute atomic E-state index is 0. The Labute approximate surface area is 131 Å². The van der Waals surface area contributed by atoms with Gasteiger partial charge in [-0.25, -0.2) is 9.67 Å². The van der Waals surface area contributed by atoms with E-state index in [2.05, 4.69) is 52.3 Å². The van der Waals surface area contributed by atoms with Crippen molar-refractivity contribution in [1.82, 2.24) is 25.0 Å². The van der Waals surface area contributed by atoms with E-state index in [1.807, 2.05) is 4.68 Å². The molecule has 1 fully saturated rings. The summed E-state index contributed by atoms with van der Waals surface area (Å²) in [7, 11) is 0. The Hall–Kier alpha value is -1.43. The number of aryl methyl sites for hydroxylation is 1. The Balaban J connectivity index is 0.00000161. The smallest absolute Gasteiger partial charge is 0.138 e. The molecule has 21 heavy (non-hydrogen) atoms. The van der Waals surface area contributed by atoms with Crippen molar-refractivity contribution in [2.75, 3.05) is 19.6 Å². The van der Waals surface area contributed by atoms with Gasteiger partial charge in [-0.1, -0.05) is 12.1 Å². The largest absolute Gasteiger partial charge is 0.312 e. The van der Waals surface area contributed by atoms with E-state index < -0.39 is 0 Å². The Morgan fingerprint density at radius 1 is 1.38 bits per heavy atom. The van der Waals surface area contributed by atoms with Crippen LogP contribution in [0.3, 0.4) is 0 Å². The van der Waals surface area contributed by atoms with E-state index in [9.17, 15) is 0 Å². The zero-order valence-electron chi connectivity index (χ0n) is 12.5. The van der Waals surface area contributed by atoms with Gasteiger partial charge in [-0.2, -0.15) is 5.10 Å². The zero-order valence-corrected chi connectivity index (χ0v) is 13.3. The summed E-state index contributed by atoms with van der Waals surface area (Å²) in [6.07, 6.45) is 3.30. The lowest BCUT2D eigenvalue weighted by molar-refractivity contribution is 0.199. The average molecular weight is 308 g/mol. The van der Waals surface area contributed by atoms with Crippen LogP contribution in [0.2, 0.25) is 0 Å². The predicted octanol–water partition coefficient (Wildman–Crippen LogP) is 1.79. The van der Waals surface area contributed by atoms with E-state index >= 15 is 0 Å². The van der Waals surface area contributed by atoms with Crippen LogP contribution >= 0.6 is 12.4 Å². The minimum atomic E-state index is 0. The van der Waals surface area contributed by atoms with Crippen LogP contribution in [0.4, 0.5) is 0 Å². The second kappa shape index (κ2) is 7.02. The molecule has 1 aromatic heterocycles. The van der Waals surface area contributed by atoms with E-state index in [0.717, 1.165) is 31.9 Å². The molecule has 1 aromatic carbocycles. The molecule has 1 aliphatic rings. The van der Waals surface area contributed by atoms with Crippen molar-refractivity contribution >= 4 is 12.4 Å². The van der Waals surface area contributed by atoms with E-state index in [0.29, 0.717) is 6.04 Å². The highest BCUT2D eigenvalue weighted by atomic mass is 35.5. The van der Waals surface area contributed by atoms with Gasteiger partial charge in [-0.3, -0.25) is 4.90 Å². The molecule has 2 aromatic rings. The second-order valence-corrected chi connectivity index (χ2v) is 5.55. The first-order valence-electron chi connectivity index (χ1n) is 7.12. The lowest BCUT2D eigenvalue weighted by atomic mass is 10.1. The van der Waals surface area contributed by atoms with E-state index in [-0.39, 0.29) is 12.4 Å². The lowest BCUT2D eigenvalue weighted by Crippen LogP contribution is -2.48. The van der Waals surface area contributed by atoms with Crippen molar-refractivity contribution in [3.8, 4) is 5.69 Å². The van der Waals surface area contributed by atoms with Gasteiger partial charge < -0.3 is 5.32 Å². The first-order valence-corrected chi connectivity index (χ1v) is 7.12. The molecular formula is C15H22ClN5. The molecule has 1 aliphatic heterocycles. The number of halogens is 1. The fourth-order valence-corrected chi connectivity index (χ4v) is 2.82. The lowest BCUT2D eigenvalue weighted by Gasteiger charge is -2.31. The number of hydrogen-bond acceptors (Lipinski definition) is 4. The highest BCUT2D eigenvalue weighted by Crippen LogP contribution is 2.16. The topological polar surface area (TPSA) is 46.0 Å². The molecule has 0 spiro atoms. The number of hydrogen-bond donors (Lipinski definition) is 1. The van der Waals surface area contributed by atoms with Gasteiger partial charge in [-0.15, -0.1) is 12.4 Å². The van der Waals surface area contributed by atoms with Gasteiger partial charge in [0.25, 0.3) is 0 Å². The summed E-state index contributed by atoms with van der Waals surface area (Å²) in [6.45, 7) is 8.70. The SMILES string of the molecule is Cc1cc(CN2CCN[C@@H](C)C2)ccc1-n1cncn1.Cl. The zero-order chi connectivity index (χ0) is 13.9. The number of benzene rings is 1. The number of nitrogens with zero attached hydrogens (tertiary/aromatic N) is 4. The summed E-state index contributed by atoms with van der Waals surface area (Å²) in [4.78, 5) is 6.51. The number of aromatic nitrogens is 3. The fraction of sp³-hybridized carbons (Fsp3) is 0.467. The molecule has 0 bridgehead atoms. The van der Waals surface area contributed by atoms with E-state index in [4.69, 9.17) is 0 Å². The molecule has 3 rings (SSSR count). The number of piperazine rings is 1. The molecule has 0 radical (unpaired) electrons. The molecule has 0 aliphatic carbocycles. The molecule has 1 atom stereocenters. The summed E-state index contributed by atoms with van der Waals surface area (Å²) in [6, 6.07) is 7.16. The second-order valence-electron chi connectivity index (χ2n) is 5.55. The van der Waals surface area contributed by atoms with E-state index in [1.165, 1.54) is 11.1 Å². The molecule has 114 valence electrons. The maximum atomic E-state index is 4.19. The molecule has 6 heteroatoms. The summed E-state index contributed by atoms with van der Waals surface area (Å²) >= 11 is 0. The van der Waals surface area contributed by atoms with Crippen LogP contribution in [0.5, 0.6) is 0 Å². The quantitative estimate of drug-likeness (QED) is 0.939. The van der Waals surface area contributed by atoms with Gasteiger partial charge in [0.2, 0.25) is 0 Å². The van der Waals surface area contributed by atoms with Crippen LogP contribution in [-0.2, 0) is 6.54 Å². The van der Waals surface area contributed by atoms with Crippen molar-refractivity contribution in [3.05, 3.63) is 42.0 Å². The summed E-state index contributed by atoms with van der Waals surface area (Å²) < 4.78 is 1.81. The molecule has 1 saturated heterocycles. The summed E-state index contributed by atoms with van der Waals surface area (Å²) in [5, 5.41) is 7.67. The Kier molecular flexibility index (Phi) is 5.33. The number of rotatable bonds is 3. The highest BCUT2D eigenvalue weighted by Gasteiger charge is 2.15. The van der Waals surface area contributed by atoms with Gasteiger partial charge in [0, 0.05) is 32.2 Å². The van der Waals surface area contributed by atoms with Gasteiger partial charge in [0.1, 0.15) is 12.7 Å². The van der Waals surface area contributed by atoms with Crippen LogP contribution < -0.4 is 5.32 Å². The molecule has 1 N–H and O–H groups in total. The van der Waals surface area contributed by atoms with Gasteiger partial charge in [0.15, 0.2) is 0 Å². The maximum Gasteiger partial charge on any atom is 0.138 e. The molecule has 0 saturated carbocycles. The van der Waals surface area contributed by atoms with Crippen LogP contribution in [0.25, 0.3) is 5.69 Å². The molecular weight excluding hydrogens is 286 g/mol. The molecule has 5 nitrogen and oxygen atoms in total. The Morgan fingerprint density at radius 3 is 2.90 bits per heavy atom. The predicted molar refractivity (Wildman–Crippen MR) is 86.1 cm³/mol. The maximum absolute atomic E-state index is 4.19. The van der Waals surface area contributed by atoms with Crippen molar-refractivity contribution in [3.63, 3.8) is 0 Å². The third-order valence-corrected chi connectivity index (χ3v) is 3.79. The van der Waals surface area contributed by atoms with Crippen LogP contribution in [-0.4, -0.2) is 45.3 Å². The Bertz CT molecular complexity index is 569.